The lowest BCUT2D eigenvalue weighted by Crippen LogP contribution is -2.02. The van der Waals surface area contributed by atoms with Crippen LogP contribution in [0.25, 0.3) is 0 Å². The number of hydrogen-bond acceptors (Lipinski definition) is 3. The number of aromatic carboxylic acids is 1. The lowest BCUT2D eigenvalue weighted by Gasteiger charge is -2.01. The van der Waals surface area contributed by atoms with Crippen LogP contribution in [-0.4, -0.2) is 21.0 Å². The van der Waals surface area contributed by atoms with Gasteiger partial charge in [0.25, 0.3) is 0 Å². The van der Waals surface area contributed by atoms with Gasteiger partial charge in [0, 0.05) is 18.3 Å². The molecule has 1 saturated carbocycles. The van der Waals surface area contributed by atoms with Crippen LogP contribution in [0, 0.1) is 5.41 Å². The van der Waals surface area contributed by atoms with Gasteiger partial charge in [0.15, 0.2) is 0 Å². The van der Waals surface area contributed by atoms with E-state index >= 15 is 0 Å². The minimum atomic E-state index is -0.980. The Hall–Kier alpha value is -1.45. The van der Waals surface area contributed by atoms with Crippen LogP contribution in [0.2, 0.25) is 0 Å². The van der Waals surface area contributed by atoms with E-state index in [2.05, 4.69) is 23.8 Å². The summed E-state index contributed by atoms with van der Waals surface area (Å²) in [6.45, 7) is 4.32. The Bertz CT molecular complexity index is 370. The molecule has 0 amide bonds. The molecule has 1 fully saturated rings. The molecule has 4 heteroatoms. The number of rotatable bonds is 2. The zero-order chi connectivity index (χ0) is 10.3. The van der Waals surface area contributed by atoms with Crippen molar-refractivity contribution in [1.29, 1.82) is 0 Å². The Balaban J connectivity index is 2.20. The summed E-state index contributed by atoms with van der Waals surface area (Å²) in [7, 11) is 0. The molecule has 1 aliphatic carbocycles. The standard InChI is InChI=1S/C10H12N2O2/c1-10(2)3-7(10)8-11-4-6(5-12-8)9(13)14/h4-5,7H,3H2,1-2H3,(H,13,14). The minimum absolute atomic E-state index is 0.146. The molecule has 2 rings (SSSR count). The molecule has 0 aliphatic heterocycles. The Kier molecular flexibility index (Phi) is 1.80. The van der Waals surface area contributed by atoms with Crippen molar-refractivity contribution in [3.63, 3.8) is 0 Å². The molecule has 1 unspecified atom stereocenters. The fourth-order valence-electron chi connectivity index (χ4n) is 1.54. The molecule has 14 heavy (non-hydrogen) atoms. The lowest BCUT2D eigenvalue weighted by atomic mass is 10.1. The summed E-state index contributed by atoms with van der Waals surface area (Å²) < 4.78 is 0. The molecule has 1 atom stereocenters. The highest BCUT2D eigenvalue weighted by atomic mass is 16.4. The fourth-order valence-corrected chi connectivity index (χ4v) is 1.54. The van der Waals surface area contributed by atoms with Gasteiger partial charge in [-0.05, 0) is 11.8 Å². The van der Waals surface area contributed by atoms with E-state index in [-0.39, 0.29) is 11.0 Å². The van der Waals surface area contributed by atoms with E-state index in [1.54, 1.807) is 0 Å². The lowest BCUT2D eigenvalue weighted by molar-refractivity contribution is 0.0696. The quantitative estimate of drug-likeness (QED) is 0.774. The molecule has 0 radical (unpaired) electrons. The maximum atomic E-state index is 10.5. The maximum Gasteiger partial charge on any atom is 0.338 e. The zero-order valence-electron chi connectivity index (χ0n) is 8.19. The van der Waals surface area contributed by atoms with Gasteiger partial charge in [-0.3, -0.25) is 0 Å². The Morgan fingerprint density at radius 2 is 2.00 bits per heavy atom. The zero-order valence-corrected chi connectivity index (χ0v) is 8.19. The van der Waals surface area contributed by atoms with Gasteiger partial charge in [-0.15, -0.1) is 0 Å². The molecular weight excluding hydrogens is 180 g/mol. The van der Waals surface area contributed by atoms with E-state index < -0.39 is 5.97 Å². The van der Waals surface area contributed by atoms with Crippen LogP contribution < -0.4 is 0 Å². The highest BCUT2D eigenvalue weighted by Crippen LogP contribution is 2.57. The second kappa shape index (κ2) is 2.77. The molecule has 4 nitrogen and oxygen atoms in total. The Morgan fingerprint density at radius 3 is 2.36 bits per heavy atom. The first-order valence-corrected chi connectivity index (χ1v) is 4.56. The van der Waals surface area contributed by atoms with Crippen LogP contribution in [-0.2, 0) is 0 Å². The Morgan fingerprint density at radius 1 is 1.50 bits per heavy atom. The summed E-state index contributed by atoms with van der Waals surface area (Å²) >= 11 is 0. The molecule has 1 aliphatic rings. The van der Waals surface area contributed by atoms with Crippen LogP contribution >= 0.6 is 0 Å². The summed E-state index contributed by atoms with van der Waals surface area (Å²) in [5.41, 5.74) is 0.428. The van der Waals surface area contributed by atoms with Crippen molar-refractivity contribution in [3.05, 3.63) is 23.8 Å². The van der Waals surface area contributed by atoms with Gasteiger partial charge in [0.2, 0.25) is 0 Å². The largest absolute Gasteiger partial charge is 0.478 e. The molecule has 0 saturated heterocycles. The van der Waals surface area contributed by atoms with Crippen molar-refractivity contribution in [3.8, 4) is 0 Å². The summed E-state index contributed by atoms with van der Waals surface area (Å²) in [4.78, 5) is 18.7. The molecule has 74 valence electrons. The van der Waals surface area contributed by atoms with Crippen LogP contribution in [0.3, 0.4) is 0 Å². The molecule has 1 N–H and O–H groups in total. The van der Waals surface area contributed by atoms with Gasteiger partial charge in [-0.2, -0.15) is 0 Å². The molecule has 0 bridgehead atoms. The maximum absolute atomic E-state index is 10.5. The predicted octanol–water partition coefficient (Wildman–Crippen LogP) is 1.69. The third-order valence-electron chi connectivity index (χ3n) is 2.74. The van der Waals surface area contributed by atoms with Crippen molar-refractivity contribution in [1.82, 2.24) is 9.97 Å². The molecule has 1 heterocycles. The SMILES string of the molecule is CC1(C)CC1c1ncc(C(=O)O)cn1. The first-order chi connectivity index (χ1) is 6.50. The summed E-state index contributed by atoms with van der Waals surface area (Å²) in [6, 6.07) is 0. The average Bonchev–Trinajstić information content (AvgIpc) is 2.75. The molecule has 1 aromatic rings. The van der Waals surface area contributed by atoms with Gasteiger partial charge in [-0.25, -0.2) is 14.8 Å². The van der Waals surface area contributed by atoms with Crippen molar-refractivity contribution < 1.29 is 9.90 Å². The van der Waals surface area contributed by atoms with Crippen molar-refractivity contribution in [2.24, 2.45) is 5.41 Å². The highest BCUT2D eigenvalue weighted by molar-refractivity contribution is 5.86. The van der Waals surface area contributed by atoms with E-state index in [9.17, 15) is 4.79 Å². The van der Waals surface area contributed by atoms with Crippen molar-refractivity contribution in [2.75, 3.05) is 0 Å². The van der Waals surface area contributed by atoms with E-state index in [0.29, 0.717) is 5.92 Å². The van der Waals surface area contributed by atoms with Crippen molar-refractivity contribution in [2.45, 2.75) is 26.2 Å². The first kappa shape index (κ1) is 9.12. The topological polar surface area (TPSA) is 63.1 Å². The normalized spacial score (nSPS) is 23.1. The number of aromatic nitrogens is 2. The molecule has 0 spiro atoms. The second-order valence-electron chi connectivity index (χ2n) is 4.38. The van der Waals surface area contributed by atoms with E-state index in [1.807, 2.05) is 0 Å². The average molecular weight is 192 g/mol. The number of nitrogens with zero attached hydrogens (tertiary/aromatic N) is 2. The molecule has 1 aromatic heterocycles. The van der Waals surface area contributed by atoms with E-state index in [4.69, 9.17) is 5.11 Å². The monoisotopic (exact) mass is 192 g/mol. The van der Waals surface area contributed by atoms with Gasteiger partial charge in [-0.1, -0.05) is 13.8 Å². The number of hydrogen-bond donors (Lipinski definition) is 1. The molecule has 0 aromatic carbocycles. The second-order valence-corrected chi connectivity index (χ2v) is 4.38. The number of carboxylic acids is 1. The van der Waals surface area contributed by atoms with Crippen LogP contribution in [0.1, 0.15) is 42.4 Å². The third kappa shape index (κ3) is 1.47. The van der Waals surface area contributed by atoms with Gasteiger partial charge >= 0.3 is 5.97 Å². The summed E-state index contributed by atoms with van der Waals surface area (Å²) in [5.74, 6) is 0.178. The predicted molar refractivity (Wildman–Crippen MR) is 50.1 cm³/mol. The van der Waals surface area contributed by atoms with Crippen LogP contribution in [0.15, 0.2) is 12.4 Å². The van der Waals surface area contributed by atoms with E-state index in [0.717, 1.165) is 12.2 Å². The minimum Gasteiger partial charge on any atom is -0.478 e. The fraction of sp³-hybridized carbons (Fsp3) is 0.500. The van der Waals surface area contributed by atoms with Gasteiger partial charge in [0.1, 0.15) is 5.82 Å². The summed E-state index contributed by atoms with van der Waals surface area (Å²) in [6.07, 6.45) is 3.83. The summed E-state index contributed by atoms with van der Waals surface area (Å²) in [5, 5.41) is 8.65. The van der Waals surface area contributed by atoms with Crippen molar-refractivity contribution >= 4 is 5.97 Å². The van der Waals surface area contributed by atoms with Crippen LogP contribution in [0.5, 0.6) is 0 Å². The highest BCUT2D eigenvalue weighted by Gasteiger charge is 2.48. The number of carbonyl (C=O) groups is 1. The van der Waals surface area contributed by atoms with E-state index in [1.165, 1.54) is 12.4 Å². The van der Waals surface area contributed by atoms with Gasteiger partial charge < -0.3 is 5.11 Å². The Labute approximate surface area is 82.0 Å². The van der Waals surface area contributed by atoms with Crippen LogP contribution in [0.4, 0.5) is 0 Å². The van der Waals surface area contributed by atoms with Gasteiger partial charge in [0.05, 0.1) is 5.56 Å². The first-order valence-electron chi connectivity index (χ1n) is 4.56. The molecular formula is C10H12N2O2. The smallest absolute Gasteiger partial charge is 0.338 e. The number of carboxylic acid groups (broad SMARTS) is 1. The third-order valence-corrected chi connectivity index (χ3v) is 2.74.